The second-order valence-electron chi connectivity index (χ2n) is 8.36. The number of hydrogen-bond donors (Lipinski definition) is 3. The summed E-state index contributed by atoms with van der Waals surface area (Å²) in [6, 6.07) is 8.84. The molecule has 1 aliphatic rings. The highest BCUT2D eigenvalue weighted by atomic mass is 35.5. The van der Waals surface area contributed by atoms with E-state index in [0.717, 1.165) is 28.7 Å². The van der Waals surface area contributed by atoms with Gasteiger partial charge in [-0.15, -0.1) is 0 Å². The number of fused-ring (bicyclic) bond motifs is 2. The number of H-pyrrole nitrogens is 1. The van der Waals surface area contributed by atoms with Crippen molar-refractivity contribution in [3.63, 3.8) is 0 Å². The van der Waals surface area contributed by atoms with Gasteiger partial charge in [-0.3, -0.25) is 4.79 Å². The first-order valence-electron chi connectivity index (χ1n) is 10.8. The Morgan fingerprint density at radius 2 is 2.12 bits per heavy atom. The van der Waals surface area contributed by atoms with Crippen molar-refractivity contribution in [3.05, 3.63) is 58.1 Å². The fraction of sp³-hybridized carbons (Fsp3) is 0.304. The number of halogens is 2. The third-order valence-corrected chi connectivity index (χ3v) is 6.64. The number of aromatic nitrogens is 4. The monoisotopic (exact) mass is 483 g/mol. The van der Waals surface area contributed by atoms with Gasteiger partial charge in [0, 0.05) is 23.5 Å². The molecule has 3 heterocycles. The van der Waals surface area contributed by atoms with E-state index >= 15 is 0 Å². The van der Waals surface area contributed by atoms with Gasteiger partial charge in [0.05, 0.1) is 33.2 Å². The van der Waals surface area contributed by atoms with Crippen LogP contribution < -0.4 is 11.1 Å². The second kappa shape index (κ2) is 8.78. The number of hydrogen-bond acceptors (Lipinski definition) is 6. The number of benzene rings is 2. The van der Waals surface area contributed by atoms with Gasteiger partial charge in [-0.2, -0.15) is 0 Å². The highest BCUT2D eigenvalue weighted by Gasteiger charge is 2.27. The van der Waals surface area contributed by atoms with Crippen LogP contribution in [0.15, 0.2) is 36.7 Å². The van der Waals surface area contributed by atoms with E-state index in [0.29, 0.717) is 52.5 Å². The van der Waals surface area contributed by atoms with Gasteiger partial charge in [0.25, 0.3) is 5.91 Å². The Kier molecular flexibility index (Phi) is 5.82. The van der Waals surface area contributed by atoms with Gasteiger partial charge in [-0.25, -0.2) is 15.0 Å². The molecular weight excluding hydrogens is 461 g/mol. The van der Waals surface area contributed by atoms with Crippen molar-refractivity contribution in [1.82, 2.24) is 24.8 Å². The molecule has 4 N–H and O–H groups in total. The first-order chi connectivity index (χ1) is 15.9. The van der Waals surface area contributed by atoms with Crippen molar-refractivity contribution in [2.45, 2.75) is 19.4 Å². The van der Waals surface area contributed by atoms with E-state index in [1.54, 1.807) is 17.0 Å². The highest BCUT2D eigenvalue weighted by molar-refractivity contribution is 6.35. The summed E-state index contributed by atoms with van der Waals surface area (Å²) in [5.74, 6) is 1.60. The summed E-state index contributed by atoms with van der Waals surface area (Å²) in [6.45, 7) is 3.90. The van der Waals surface area contributed by atoms with E-state index in [4.69, 9.17) is 28.9 Å². The first kappa shape index (κ1) is 21.9. The fourth-order valence-corrected chi connectivity index (χ4v) is 4.62. The molecule has 1 fully saturated rings. The number of likely N-dealkylation sites (tertiary alicyclic amines) is 1. The molecule has 0 saturated carbocycles. The maximum Gasteiger partial charge on any atom is 0.255 e. The molecule has 1 aliphatic heterocycles. The summed E-state index contributed by atoms with van der Waals surface area (Å²) < 4.78 is 0. The van der Waals surface area contributed by atoms with Crippen LogP contribution in [0.3, 0.4) is 0 Å². The van der Waals surface area contributed by atoms with Gasteiger partial charge in [0.2, 0.25) is 0 Å². The van der Waals surface area contributed by atoms with Crippen molar-refractivity contribution in [2.75, 3.05) is 25.0 Å². The Morgan fingerprint density at radius 1 is 1.27 bits per heavy atom. The van der Waals surface area contributed by atoms with Gasteiger partial charge < -0.3 is 20.9 Å². The summed E-state index contributed by atoms with van der Waals surface area (Å²) in [4.78, 5) is 31.6. The SMILES string of the molecule is C[C@H](Nc1ncnc2cc(C(=O)N3CC[C@H](CN)C3)c(Cl)cc12)c1nc2cc(Cl)ccc2[nH]1. The van der Waals surface area contributed by atoms with Gasteiger partial charge in [0.15, 0.2) is 0 Å². The van der Waals surface area contributed by atoms with Gasteiger partial charge in [-0.1, -0.05) is 23.2 Å². The molecule has 33 heavy (non-hydrogen) atoms. The largest absolute Gasteiger partial charge is 0.360 e. The maximum atomic E-state index is 13.0. The molecule has 10 heteroatoms. The Hall–Kier alpha value is -2.94. The zero-order chi connectivity index (χ0) is 23.1. The van der Waals surface area contributed by atoms with E-state index in [-0.39, 0.29) is 11.9 Å². The molecule has 1 amide bonds. The van der Waals surface area contributed by atoms with Crippen LogP contribution in [-0.4, -0.2) is 50.4 Å². The summed E-state index contributed by atoms with van der Waals surface area (Å²) in [6.07, 6.45) is 2.38. The number of rotatable bonds is 5. The minimum Gasteiger partial charge on any atom is -0.360 e. The Balaban J connectivity index is 1.43. The van der Waals surface area contributed by atoms with E-state index in [2.05, 4.69) is 25.3 Å². The van der Waals surface area contributed by atoms with Gasteiger partial charge in [0.1, 0.15) is 18.0 Å². The van der Waals surface area contributed by atoms with Crippen LogP contribution in [0, 0.1) is 5.92 Å². The number of anilines is 1. The van der Waals surface area contributed by atoms with E-state index < -0.39 is 0 Å². The first-order valence-corrected chi connectivity index (χ1v) is 11.5. The molecule has 4 aromatic rings. The predicted molar refractivity (Wildman–Crippen MR) is 131 cm³/mol. The van der Waals surface area contributed by atoms with Crippen molar-refractivity contribution in [2.24, 2.45) is 11.7 Å². The van der Waals surface area contributed by atoms with E-state index in [1.165, 1.54) is 6.33 Å². The molecule has 0 spiro atoms. The number of carbonyl (C=O) groups is 1. The number of amides is 1. The average molecular weight is 484 g/mol. The average Bonchev–Trinajstić information content (AvgIpc) is 3.45. The molecule has 2 aromatic heterocycles. The maximum absolute atomic E-state index is 13.0. The lowest BCUT2D eigenvalue weighted by atomic mass is 10.1. The Morgan fingerprint density at radius 3 is 2.91 bits per heavy atom. The van der Waals surface area contributed by atoms with Crippen LogP contribution in [0.2, 0.25) is 10.0 Å². The molecule has 0 radical (unpaired) electrons. The summed E-state index contributed by atoms with van der Waals surface area (Å²) in [7, 11) is 0. The fourth-order valence-electron chi connectivity index (χ4n) is 4.21. The number of nitrogens with zero attached hydrogens (tertiary/aromatic N) is 4. The Bertz CT molecular complexity index is 1360. The smallest absolute Gasteiger partial charge is 0.255 e. The number of aromatic amines is 1. The molecule has 0 unspecified atom stereocenters. The topological polar surface area (TPSA) is 113 Å². The number of carbonyl (C=O) groups excluding carboxylic acids is 1. The van der Waals surface area contributed by atoms with Crippen molar-refractivity contribution < 1.29 is 4.79 Å². The molecule has 0 aliphatic carbocycles. The van der Waals surface area contributed by atoms with Crippen molar-refractivity contribution in [3.8, 4) is 0 Å². The van der Waals surface area contributed by atoms with Crippen LogP contribution >= 0.6 is 23.2 Å². The molecule has 0 bridgehead atoms. The van der Waals surface area contributed by atoms with Gasteiger partial charge in [-0.05, 0) is 56.1 Å². The van der Waals surface area contributed by atoms with Crippen molar-refractivity contribution >= 4 is 56.9 Å². The number of nitrogens with one attached hydrogen (secondary N) is 2. The molecule has 5 rings (SSSR count). The zero-order valence-corrected chi connectivity index (χ0v) is 19.5. The highest BCUT2D eigenvalue weighted by Crippen LogP contribution is 2.31. The van der Waals surface area contributed by atoms with Crippen LogP contribution in [-0.2, 0) is 0 Å². The summed E-state index contributed by atoms with van der Waals surface area (Å²) in [5, 5.41) is 5.11. The Labute approximate surface area is 200 Å². The number of nitrogens with two attached hydrogens (primary N) is 1. The lowest BCUT2D eigenvalue weighted by Crippen LogP contribution is -2.30. The predicted octanol–water partition coefficient (Wildman–Crippen LogP) is 4.41. The second-order valence-corrected chi connectivity index (χ2v) is 9.21. The minimum absolute atomic E-state index is 0.0970. The van der Waals surface area contributed by atoms with Crippen LogP contribution in [0.1, 0.15) is 35.6 Å². The van der Waals surface area contributed by atoms with Crippen molar-refractivity contribution in [1.29, 1.82) is 0 Å². The van der Waals surface area contributed by atoms with Crippen LogP contribution in [0.25, 0.3) is 21.9 Å². The van der Waals surface area contributed by atoms with Crippen LogP contribution in [0.4, 0.5) is 5.82 Å². The van der Waals surface area contributed by atoms with Crippen LogP contribution in [0.5, 0.6) is 0 Å². The summed E-state index contributed by atoms with van der Waals surface area (Å²) >= 11 is 12.6. The van der Waals surface area contributed by atoms with E-state index in [1.807, 2.05) is 25.1 Å². The third kappa shape index (κ3) is 4.21. The minimum atomic E-state index is -0.174. The molecular formula is C23H23Cl2N7O. The standard InChI is InChI=1S/C23H23Cl2N7O/c1-12(21-30-18-3-2-14(24)6-20(18)31-21)29-22-16-7-17(25)15(8-19(16)27-11-28-22)23(33)32-5-4-13(9-26)10-32/h2-3,6-8,11-13H,4-5,9-10,26H2,1H3,(H,30,31)(H,27,28,29)/t12-,13+/m0/s1. The lowest BCUT2D eigenvalue weighted by Gasteiger charge is -2.18. The normalized spacial score (nSPS) is 17.1. The molecule has 1 saturated heterocycles. The third-order valence-electron chi connectivity index (χ3n) is 6.09. The molecule has 2 atom stereocenters. The molecule has 2 aromatic carbocycles. The quantitative estimate of drug-likeness (QED) is 0.387. The number of imidazole rings is 1. The van der Waals surface area contributed by atoms with E-state index in [9.17, 15) is 4.79 Å². The molecule has 170 valence electrons. The van der Waals surface area contributed by atoms with Gasteiger partial charge >= 0.3 is 0 Å². The summed E-state index contributed by atoms with van der Waals surface area (Å²) in [5.41, 5.74) is 8.54. The lowest BCUT2D eigenvalue weighted by molar-refractivity contribution is 0.0788. The molecule has 8 nitrogen and oxygen atoms in total. The zero-order valence-electron chi connectivity index (χ0n) is 18.0.